The summed E-state index contributed by atoms with van der Waals surface area (Å²) in [5.74, 6) is -0.348. The predicted octanol–water partition coefficient (Wildman–Crippen LogP) is 3.15. The average Bonchev–Trinajstić information content (AvgIpc) is 3.10. The van der Waals surface area contributed by atoms with Crippen molar-refractivity contribution in [3.63, 3.8) is 0 Å². The number of rotatable bonds is 4. The normalized spacial score (nSPS) is 16.3. The number of hydrazine groups is 1. The van der Waals surface area contributed by atoms with Gasteiger partial charge in [-0.1, -0.05) is 23.2 Å². The maximum atomic E-state index is 12.9. The maximum absolute atomic E-state index is 12.9. The van der Waals surface area contributed by atoms with Gasteiger partial charge in [-0.05, 0) is 51.0 Å². The molecule has 2 N–H and O–H groups in total. The van der Waals surface area contributed by atoms with Crippen molar-refractivity contribution in [2.75, 3.05) is 12.0 Å². The van der Waals surface area contributed by atoms with Crippen molar-refractivity contribution in [2.45, 2.75) is 32.7 Å². The lowest BCUT2D eigenvalue weighted by atomic mass is 10.1. The molecule has 27 heavy (non-hydrogen) atoms. The number of nitrogens with zero attached hydrogens (tertiary/aromatic N) is 3. The lowest BCUT2D eigenvalue weighted by molar-refractivity contribution is -0.124. The van der Waals surface area contributed by atoms with E-state index in [1.54, 1.807) is 12.1 Å². The molecule has 1 aromatic carbocycles. The number of hydrogen-bond donors (Lipinski definition) is 2. The highest BCUT2D eigenvalue weighted by molar-refractivity contribution is 6.35. The van der Waals surface area contributed by atoms with E-state index in [1.807, 2.05) is 19.9 Å². The van der Waals surface area contributed by atoms with Gasteiger partial charge in [0.05, 0.1) is 10.6 Å². The molecule has 1 saturated heterocycles. The molecule has 1 aliphatic rings. The summed E-state index contributed by atoms with van der Waals surface area (Å²) in [7, 11) is 0. The summed E-state index contributed by atoms with van der Waals surface area (Å²) < 4.78 is 0. The Balaban J connectivity index is 1.70. The summed E-state index contributed by atoms with van der Waals surface area (Å²) in [6, 6.07) is 5.93. The Morgan fingerprint density at radius 1 is 1.15 bits per heavy atom. The van der Waals surface area contributed by atoms with E-state index in [2.05, 4.69) is 20.8 Å². The largest absolute Gasteiger partial charge is 0.327 e. The summed E-state index contributed by atoms with van der Waals surface area (Å²) in [4.78, 5) is 35.4. The highest BCUT2D eigenvalue weighted by Gasteiger charge is 2.35. The number of anilines is 1. The first-order valence-corrected chi connectivity index (χ1v) is 9.25. The number of hydrogen-bond acceptors (Lipinski definition) is 5. The number of amides is 2. The number of nitrogens with one attached hydrogen (secondary N) is 2. The zero-order valence-electron chi connectivity index (χ0n) is 14.9. The van der Waals surface area contributed by atoms with Crippen LogP contribution in [-0.2, 0) is 4.79 Å². The van der Waals surface area contributed by atoms with Crippen molar-refractivity contribution < 1.29 is 9.59 Å². The second-order valence-electron chi connectivity index (χ2n) is 6.37. The number of likely N-dealkylation sites (tertiary alicyclic amines) is 1. The van der Waals surface area contributed by atoms with Crippen molar-refractivity contribution in [2.24, 2.45) is 0 Å². The number of aryl methyl sites for hydroxylation is 2. The van der Waals surface area contributed by atoms with Crippen molar-refractivity contribution in [1.82, 2.24) is 20.3 Å². The monoisotopic (exact) mass is 407 g/mol. The third-order valence-corrected chi connectivity index (χ3v) is 4.82. The van der Waals surface area contributed by atoms with Crippen LogP contribution in [0.5, 0.6) is 0 Å². The Hall–Kier alpha value is -2.38. The Kier molecular flexibility index (Phi) is 5.82. The van der Waals surface area contributed by atoms with Crippen molar-refractivity contribution >= 4 is 41.0 Å². The number of halogens is 2. The summed E-state index contributed by atoms with van der Waals surface area (Å²) in [6.45, 7) is 4.15. The van der Waals surface area contributed by atoms with Crippen molar-refractivity contribution in [1.29, 1.82) is 0 Å². The van der Waals surface area contributed by atoms with E-state index in [0.29, 0.717) is 29.0 Å². The Labute approximate surface area is 167 Å². The van der Waals surface area contributed by atoms with Crippen LogP contribution in [0.1, 0.15) is 34.6 Å². The van der Waals surface area contributed by atoms with Crippen LogP contribution < -0.4 is 10.9 Å². The van der Waals surface area contributed by atoms with Crippen molar-refractivity contribution in [3.8, 4) is 0 Å². The van der Waals surface area contributed by atoms with E-state index in [0.717, 1.165) is 17.8 Å². The molecule has 1 fully saturated rings. The Morgan fingerprint density at radius 2 is 1.85 bits per heavy atom. The molecular formula is C18H19Cl2N5O2. The van der Waals surface area contributed by atoms with Gasteiger partial charge >= 0.3 is 0 Å². The van der Waals surface area contributed by atoms with Crippen LogP contribution in [0.3, 0.4) is 0 Å². The molecule has 142 valence electrons. The van der Waals surface area contributed by atoms with Gasteiger partial charge in [-0.25, -0.2) is 9.97 Å². The van der Waals surface area contributed by atoms with Gasteiger partial charge in [0.2, 0.25) is 5.95 Å². The summed E-state index contributed by atoms with van der Waals surface area (Å²) in [5.41, 5.74) is 7.16. The Bertz CT molecular complexity index is 870. The fourth-order valence-electron chi connectivity index (χ4n) is 3.08. The minimum absolute atomic E-state index is 0.287. The molecule has 1 aromatic heterocycles. The third kappa shape index (κ3) is 4.48. The van der Waals surface area contributed by atoms with E-state index in [-0.39, 0.29) is 17.4 Å². The molecule has 0 saturated carbocycles. The Morgan fingerprint density at radius 3 is 2.56 bits per heavy atom. The first-order chi connectivity index (χ1) is 12.8. The topological polar surface area (TPSA) is 87.2 Å². The molecule has 0 aliphatic carbocycles. The molecule has 0 bridgehead atoms. The second kappa shape index (κ2) is 8.10. The van der Waals surface area contributed by atoms with Gasteiger partial charge in [0.25, 0.3) is 11.8 Å². The first kappa shape index (κ1) is 19.4. The van der Waals surface area contributed by atoms with Crippen LogP contribution >= 0.6 is 23.2 Å². The predicted molar refractivity (Wildman–Crippen MR) is 104 cm³/mol. The molecule has 9 heteroatoms. The fourth-order valence-corrected chi connectivity index (χ4v) is 3.45. The van der Waals surface area contributed by atoms with Gasteiger partial charge in [-0.15, -0.1) is 0 Å². The molecule has 0 unspecified atom stereocenters. The minimum Gasteiger partial charge on any atom is -0.327 e. The highest BCUT2D eigenvalue weighted by Crippen LogP contribution is 2.26. The molecule has 1 atom stereocenters. The summed E-state index contributed by atoms with van der Waals surface area (Å²) >= 11 is 12.1. The van der Waals surface area contributed by atoms with Crippen LogP contribution in [0.25, 0.3) is 0 Å². The number of carbonyl (C=O) groups is 2. The van der Waals surface area contributed by atoms with Gasteiger partial charge < -0.3 is 4.90 Å². The lowest BCUT2D eigenvalue weighted by Gasteiger charge is -2.24. The van der Waals surface area contributed by atoms with E-state index < -0.39 is 6.04 Å². The average molecular weight is 408 g/mol. The fraction of sp³-hybridized carbons (Fsp3) is 0.333. The SMILES string of the molecule is Cc1cc(C)nc(NNC(=O)[C@H]2CCCN2C(=O)c2cc(Cl)ccc2Cl)n1. The molecule has 0 radical (unpaired) electrons. The van der Waals surface area contributed by atoms with Crippen LogP contribution in [-0.4, -0.2) is 39.3 Å². The maximum Gasteiger partial charge on any atom is 0.261 e. The number of benzene rings is 1. The molecule has 3 rings (SSSR count). The van der Waals surface area contributed by atoms with Crippen molar-refractivity contribution in [3.05, 3.63) is 51.3 Å². The molecule has 1 aliphatic heterocycles. The van der Waals surface area contributed by atoms with Crippen LogP contribution in [0.4, 0.5) is 5.95 Å². The summed E-state index contributed by atoms with van der Waals surface area (Å²) in [6.07, 6.45) is 1.28. The first-order valence-electron chi connectivity index (χ1n) is 8.49. The smallest absolute Gasteiger partial charge is 0.261 e. The second-order valence-corrected chi connectivity index (χ2v) is 7.21. The molecule has 7 nitrogen and oxygen atoms in total. The standard InChI is InChI=1S/C18H19Cl2N5O2/c1-10-8-11(2)22-18(21-10)24-23-16(26)15-4-3-7-25(15)17(27)13-9-12(19)5-6-14(13)20/h5-6,8-9,15H,3-4,7H2,1-2H3,(H,23,26)(H,21,22,24)/t15-/m1/s1. The van der Waals surface area contributed by atoms with Gasteiger partial charge in [0.1, 0.15) is 6.04 Å². The minimum atomic E-state index is -0.606. The van der Waals surface area contributed by atoms with E-state index in [1.165, 1.54) is 11.0 Å². The van der Waals surface area contributed by atoms with Gasteiger partial charge in [0.15, 0.2) is 0 Å². The molecule has 2 aromatic rings. The van der Waals surface area contributed by atoms with Crippen LogP contribution in [0.2, 0.25) is 10.0 Å². The lowest BCUT2D eigenvalue weighted by Crippen LogP contribution is -2.47. The van der Waals surface area contributed by atoms with E-state index >= 15 is 0 Å². The number of carbonyl (C=O) groups excluding carboxylic acids is 2. The van der Waals surface area contributed by atoms with Crippen LogP contribution in [0, 0.1) is 13.8 Å². The molecular weight excluding hydrogens is 389 g/mol. The van der Waals surface area contributed by atoms with Gasteiger partial charge in [-0.2, -0.15) is 0 Å². The molecule has 2 amide bonds. The van der Waals surface area contributed by atoms with E-state index in [4.69, 9.17) is 23.2 Å². The zero-order valence-corrected chi connectivity index (χ0v) is 16.4. The molecule has 0 spiro atoms. The van der Waals surface area contributed by atoms with Gasteiger partial charge in [-0.3, -0.25) is 20.4 Å². The summed E-state index contributed by atoms with van der Waals surface area (Å²) in [5, 5.41) is 0.716. The van der Waals surface area contributed by atoms with E-state index in [9.17, 15) is 9.59 Å². The molecule has 2 heterocycles. The highest BCUT2D eigenvalue weighted by atomic mass is 35.5. The van der Waals surface area contributed by atoms with Crippen LogP contribution in [0.15, 0.2) is 24.3 Å². The number of aromatic nitrogens is 2. The zero-order chi connectivity index (χ0) is 19.6. The van der Waals surface area contributed by atoms with Gasteiger partial charge in [0, 0.05) is 23.0 Å². The quantitative estimate of drug-likeness (QED) is 0.759. The third-order valence-electron chi connectivity index (χ3n) is 4.25.